The highest BCUT2D eigenvalue weighted by Gasteiger charge is 2.07. The van der Waals surface area contributed by atoms with E-state index >= 15 is 0 Å². The average Bonchev–Trinajstić information content (AvgIpc) is 2.37. The number of hydrogen-bond acceptors (Lipinski definition) is 2. The number of pyridine rings is 1. The molecule has 0 amide bonds. The molecule has 3 heteroatoms. The number of halogens is 1. The number of aromatic nitrogens is 1. The van der Waals surface area contributed by atoms with Gasteiger partial charge in [0.1, 0.15) is 5.15 Å². The van der Waals surface area contributed by atoms with Crippen LogP contribution in [0.2, 0.25) is 5.15 Å². The number of hydrogen-bond donors (Lipinski definition) is 0. The van der Waals surface area contributed by atoms with Crippen LogP contribution in [0.4, 0.5) is 0 Å². The Morgan fingerprint density at radius 1 is 1.50 bits per heavy atom. The largest absolute Gasteiger partial charge is 0.381 e. The van der Waals surface area contributed by atoms with Crippen molar-refractivity contribution in [2.75, 3.05) is 13.2 Å². The molecule has 0 saturated heterocycles. The van der Waals surface area contributed by atoms with E-state index in [0.717, 1.165) is 26.1 Å². The summed E-state index contributed by atoms with van der Waals surface area (Å²) in [7, 11) is 0. The fourth-order valence-electron chi connectivity index (χ4n) is 1.74. The molecule has 0 aliphatic rings. The molecule has 1 atom stereocenters. The van der Waals surface area contributed by atoms with Crippen molar-refractivity contribution in [2.45, 2.75) is 39.5 Å². The standard InChI is InChI=1S/C15H22ClNO/c1-4-9-18-10-5-6-12(2)13(3)14-7-8-17-15(16)11-14/h6-8,11,13H,4-5,9-10H2,1-3H3. The van der Waals surface area contributed by atoms with E-state index in [2.05, 4.69) is 31.8 Å². The van der Waals surface area contributed by atoms with Crippen molar-refractivity contribution in [3.63, 3.8) is 0 Å². The normalized spacial score (nSPS) is 13.7. The highest BCUT2D eigenvalue weighted by Crippen LogP contribution is 2.24. The summed E-state index contributed by atoms with van der Waals surface area (Å²) in [4.78, 5) is 4.00. The molecule has 0 radical (unpaired) electrons. The van der Waals surface area contributed by atoms with Crippen LogP contribution in [0.25, 0.3) is 0 Å². The Morgan fingerprint density at radius 3 is 2.94 bits per heavy atom. The van der Waals surface area contributed by atoms with E-state index in [4.69, 9.17) is 16.3 Å². The second-order valence-electron chi connectivity index (χ2n) is 4.48. The molecule has 0 aliphatic heterocycles. The molecular formula is C15H22ClNO. The third kappa shape index (κ3) is 5.19. The van der Waals surface area contributed by atoms with Crippen molar-refractivity contribution < 1.29 is 4.74 Å². The van der Waals surface area contributed by atoms with Gasteiger partial charge in [-0.05, 0) is 37.5 Å². The molecule has 0 aliphatic carbocycles. The molecule has 1 heterocycles. The molecular weight excluding hydrogens is 246 g/mol. The summed E-state index contributed by atoms with van der Waals surface area (Å²) >= 11 is 5.90. The third-order valence-electron chi connectivity index (χ3n) is 3.01. The second kappa shape index (κ2) is 8.28. The van der Waals surface area contributed by atoms with Gasteiger partial charge in [0, 0.05) is 18.7 Å². The molecule has 0 fully saturated rings. The molecule has 1 unspecified atom stereocenters. The monoisotopic (exact) mass is 267 g/mol. The SMILES string of the molecule is CCCOCCC=C(C)C(C)c1ccnc(Cl)c1. The van der Waals surface area contributed by atoms with Crippen LogP contribution in [0.5, 0.6) is 0 Å². The number of rotatable bonds is 7. The van der Waals surface area contributed by atoms with Crippen LogP contribution >= 0.6 is 11.6 Å². The fourth-order valence-corrected chi connectivity index (χ4v) is 1.93. The van der Waals surface area contributed by atoms with Gasteiger partial charge >= 0.3 is 0 Å². The van der Waals surface area contributed by atoms with E-state index in [1.165, 1.54) is 11.1 Å². The maximum absolute atomic E-state index is 5.90. The number of allylic oxidation sites excluding steroid dienone is 1. The van der Waals surface area contributed by atoms with Crippen molar-refractivity contribution in [2.24, 2.45) is 0 Å². The van der Waals surface area contributed by atoms with Gasteiger partial charge in [-0.1, -0.05) is 37.1 Å². The van der Waals surface area contributed by atoms with Gasteiger partial charge in [0.05, 0.1) is 6.61 Å². The van der Waals surface area contributed by atoms with Crippen LogP contribution < -0.4 is 0 Å². The molecule has 1 rings (SSSR count). The summed E-state index contributed by atoms with van der Waals surface area (Å²) in [6.07, 6.45) is 6.05. The molecule has 0 aromatic carbocycles. The quantitative estimate of drug-likeness (QED) is 0.409. The Kier molecular flexibility index (Phi) is 6.99. The van der Waals surface area contributed by atoms with Crippen molar-refractivity contribution in [3.8, 4) is 0 Å². The minimum atomic E-state index is 0.372. The van der Waals surface area contributed by atoms with Crippen LogP contribution in [0, 0.1) is 0 Å². The van der Waals surface area contributed by atoms with Crippen LogP contribution in [0.15, 0.2) is 30.0 Å². The van der Waals surface area contributed by atoms with Gasteiger partial charge in [0.15, 0.2) is 0 Å². The van der Waals surface area contributed by atoms with Crippen molar-refractivity contribution in [1.82, 2.24) is 4.98 Å². The topological polar surface area (TPSA) is 22.1 Å². The van der Waals surface area contributed by atoms with Crippen molar-refractivity contribution in [3.05, 3.63) is 40.7 Å². The lowest BCUT2D eigenvalue weighted by Gasteiger charge is -2.13. The second-order valence-corrected chi connectivity index (χ2v) is 4.87. The molecule has 0 saturated carbocycles. The van der Waals surface area contributed by atoms with Gasteiger partial charge in [-0.2, -0.15) is 0 Å². The Bertz CT molecular complexity index is 390. The first-order valence-electron chi connectivity index (χ1n) is 6.51. The fraction of sp³-hybridized carbons (Fsp3) is 0.533. The highest BCUT2D eigenvalue weighted by atomic mass is 35.5. The molecule has 0 spiro atoms. The molecule has 0 bridgehead atoms. The van der Waals surface area contributed by atoms with E-state index in [9.17, 15) is 0 Å². The maximum Gasteiger partial charge on any atom is 0.129 e. The van der Waals surface area contributed by atoms with Crippen LogP contribution in [-0.4, -0.2) is 18.2 Å². The van der Waals surface area contributed by atoms with E-state index in [1.807, 2.05) is 12.1 Å². The van der Waals surface area contributed by atoms with Gasteiger partial charge in [0.25, 0.3) is 0 Å². The Labute approximate surface area is 115 Å². The van der Waals surface area contributed by atoms with Crippen molar-refractivity contribution in [1.29, 1.82) is 0 Å². The van der Waals surface area contributed by atoms with Gasteiger partial charge in [-0.25, -0.2) is 4.98 Å². The predicted octanol–water partition coefficient (Wildman–Crippen LogP) is 4.60. The summed E-state index contributed by atoms with van der Waals surface area (Å²) in [5.74, 6) is 0.372. The lowest BCUT2D eigenvalue weighted by Crippen LogP contribution is -1.98. The number of ether oxygens (including phenoxy) is 1. The lowest BCUT2D eigenvalue weighted by atomic mass is 9.94. The summed E-state index contributed by atoms with van der Waals surface area (Å²) < 4.78 is 5.46. The van der Waals surface area contributed by atoms with Gasteiger partial charge < -0.3 is 4.74 Å². The smallest absolute Gasteiger partial charge is 0.129 e. The summed E-state index contributed by atoms with van der Waals surface area (Å²) in [6.45, 7) is 8.11. The summed E-state index contributed by atoms with van der Waals surface area (Å²) in [5, 5.41) is 0.554. The first-order valence-corrected chi connectivity index (χ1v) is 6.88. The average molecular weight is 268 g/mol. The van der Waals surface area contributed by atoms with Crippen LogP contribution in [0.1, 0.15) is 45.1 Å². The van der Waals surface area contributed by atoms with Gasteiger partial charge in [-0.15, -0.1) is 0 Å². The molecule has 1 aromatic heterocycles. The van der Waals surface area contributed by atoms with E-state index in [0.29, 0.717) is 11.1 Å². The zero-order chi connectivity index (χ0) is 13.4. The van der Waals surface area contributed by atoms with Crippen LogP contribution in [-0.2, 0) is 4.74 Å². The molecule has 0 N–H and O–H groups in total. The molecule has 18 heavy (non-hydrogen) atoms. The molecule has 100 valence electrons. The first-order chi connectivity index (χ1) is 8.65. The van der Waals surface area contributed by atoms with Gasteiger partial charge in [0.2, 0.25) is 0 Å². The van der Waals surface area contributed by atoms with Crippen molar-refractivity contribution >= 4 is 11.6 Å². The Balaban J connectivity index is 2.50. The van der Waals surface area contributed by atoms with Gasteiger partial charge in [-0.3, -0.25) is 0 Å². The molecule has 2 nitrogen and oxygen atoms in total. The van der Waals surface area contributed by atoms with Crippen LogP contribution in [0.3, 0.4) is 0 Å². The number of nitrogens with zero attached hydrogens (tertiary/aromatic N) is 1. The minimum Gasteiger partial charge on any atom is -0.381 e. The molecule has 1 aromatic rings. The first kappa shape index (κ1) is 15.2. The highest BCUT2D eigenvalue weighted by molar-refractivity contribution is 6.29. The lowest BCUT2D eigenvalue weighted by molar-refractivity contribution is 0.139. The van der Waals surface area contributed by atoms with E-state index in [1.54, 1.807) is 6.20 Å². The summed E-state index contributed by atoms with van der Waals surface area (Å²) in [5.41, 5.74) is 2.55. The Morgan fingerprint density at radius 2 is 2.28 bits per heavy atom. The minimum absolute atomic E-state index is 0.372. The van der Waals surface area contributed by atoms with E-state index in [-0.39, 0.29) is 0 Å². The zero-order valence-corrected chi connectivity index (χ0v) is 12.2. The van der Waals surface area contributed by atoms with E-state index < -0.39 is 0 Å². The third-order valence-corrected chi connectivity index (χ3v) is 3.22. The predicted molar refractivity (Wildman–Crippen MR) is 77.1 cm³/mol. The summed E-state index contributed by atoms with van der Waals surface area (Å²) in [6, 6.07) is 3.94. The zero-order valence-electron chi connectivity index (χ0n) is 11.4. The Hall–Kier alpha value is -0.860. The maximum atomic E-state index is 5.90.